The van der Waals surface area contributed by atoms with Crippen molar-refractivity contribution in [2.24, 2.45) is 11.1 Å². The van der Waals surface area contributed by atoms with Crippen molar-refractivity contribution in [3.63, 3.8) is 0 Å². The molecule has 0 atom stereocenters. The van der Waals surface area contributed by atoms with Gasteiger partial charge in [-0.05, 0) is 17.7 Å². The Bertz CT molecular complexity index is 544. The van der Waals surface area contributed by atoms with Crippen molar-refractivity contribution in [2.45, 2.75) is 0 Å². The highest BCUT2D eigenvalue weighted by atomic mass is 16.5. The maximum absolute atomic E-state index is 9.10. The van der Waals surface area contributed by atoms with Crippen LogP contribution in [0, 0.1) is 11.3 Å². The van der Waals surface area contributed by atoms with Crippen molar-refractivity contribution in [1.29, 1.82) is 5.41 Å². The van der Waals surface area contributed by atoms with Gasteiger partial charge in [0.15, 0.2) is 0 Å². The van der Waals surface area contributed by atoms with Gasteiger partial charge in [0.2, 0.25) is 0 Å². The van der Waals surface area contributed by atoms with Crippen molar-refractivity contribution < 1.29 is 14.7 Å². The highest BCUT2D eigenvalue weighted by Crippen LogP contribution is 2.26. The van der Waals surface area contributed by atoms with Gasteiger partial charge in [0.1, 0.15) is 11.4 Å². The van der Waals surface area contributed by atoms with E-state index in [4.69, 9.17) is 20.1 Å². The number of oxime groups is 1. The monoisotopic (exact) mass is 320 g/mol. The van der Waals surface area contributed by atoms with E-state index < -0.39 is 0 Å². The van der Waals surface area contributed by atoms with E-state index in [1.54, 1.807) is 13.2 Å². The number of nitrogens with one attached hydrogen (secondary N) is 1. The number of hydrogen-bond acceptors (Lipinski definition) is 7. The molecule has 0 saturated carbocycles. The van der Waals surface area contributed by atoms with Crippen LogP contribution < -0.4 is 0 Å². The van der Waals surface area contributed by atoms with Crippen LogP contribution in [-0.4, -0.2) is 86.1 Å². The minimum absolute atomic E-state index is 0.275. The van der Waals surface area contributed by atoms with E-state index in [1.165, 1.54) is 0 Å². The summed E-state index contributed by atoms with van der Waals surface area (Å²) in [5, 5.41) is 20.5. The summed E-state index contributed by atoms with van der Waals surface area (Å²) in [6.07, 6.45) is 3.66. The third-order valence-corrected chi connectivity index (χ3v) is 4.49. The van der Waals surface area contributed by atoms with E-state index in [9.17, 15) is 0 Å². The molecular formula is C16H24N4O3. The van der Waals surface area contributed by atoms with Gasteiger partial charge in [-0.2, -0.15) is 0 Å². The predicted octanol–water partition coefficient (Wildman–Crippen LogP) is 0.571. The van der Waals surface area contributed by atoms with Gasteiger partial charge in [0, 0.05) is 45.8 Å². The number of rotatable bonds is 5. The molecule has 7 heteroatoms. The lowest BCUT2D eigenvalue weighted by Crippen LogP contribution is -2.53. The standard InChI is InChI=1S/C16H24N4O3/c1-22-11-12-6-14(18-21)16(17)15(7-12)20-9-13(10-20)8-19-2-4-23-5-3-19/h6-7,13,17,21H,2-5,8-11H2,1H3/b17-16?,18-14-. The molecule has 0 bridgehead atoms. The second-order valence-corrected chi connectivity index (χ2v) is 6.23. The van der Waals surface area contributed by atoms with Crippen molar-refractivity contribution in [2.75, 3.05) is 59.7 Å². The fourth-order valence-electron chi connectivity index (χ4n) is 3.28. The zero-order chi connectivity index (χ0) is 16.2. The summed E-state index contributed by atoms with van der Waals surface area (Å²) in [6.45, 7) is 7.08. The maximum atomic E-state index is 9.10. The molecule has 0 spiro atoms. The smallest absolute Gasteiger partial charge is 0.130 e. The Morgan fingerprint density at radius 2 is 2.09 bits per heavy atom. The zero-order valence-electron chi connectivity index (χ0n) is 13.5. The first-order valence-electron chi connectivity index (χ1n) is 7.99. The molecular weight excluding hydrogens is 296 g/mol. The quantitative estimate of drug-likeness (QED) is 0.440. The van der Waals surface area contributed by atoms with Gasteiger partial charge in [-0.15, -0.1) is 0 Å². The summed E-state index contributed by atoms with van der Waals surface area (Å²) in [6, 6.07) is 0. The average Bonchev–Trinajstić information content (AvgIpc) is 2.53. The van der Waals surface area contributed by atoms with Gasteiger partial charge in [0.05, 0.1) is 25.5 Å². The molecule has 3 aliphatic rings. The second-order valence-electron chi connectivity index (χ2n) is 6.23. The van der Waals surface area contributed by atoms with Crippen LogP contribution in [0.25, 0.3) is 0 Å². The minimum Gasteiger partial charge on any atom is -0.410 e. The molecule has 0 amide bonds. The fraction of sp³-hybridized carbons (Fsp3) is 0.625. The Labute approximate surface area is 136 Å². The molecule has 7 nitrogen and oxygen atoms in total. The van der Waals surface area contributed by atoms with Gasteiger partial charge in [-0.25, -0.2) is 0 Å². The van der Waals surface area contributed by atoms with Crippen LogP contribution in [0.1, 0.15) is 0 Å². The normalized spacial score (nSPS) is 25.3. The van der Waals surface area contributed by atoms with Crippen molar-refractivity contribution in [3.05, 3.63) is 23.4 Å². The minimum atomic E-state index is 0.275. The Hall–Kier alpha value is -1.70. The summed E-state index contributed by atoms with van der Waals surface area (Å²) < 4.78 is 10.5. The van der Waals surface area contributed by atoms with Crippen LogP contribution in [0.4, 0.5) is 0 Å². The Balaban J connectivity index is 1.59. The first kappa shape index (κ1) is 16.2. The fourth-order valence-corrected chi connectivity index (χ4v) is 3.28. The first-order valence-corrected chi connectivity index (χ1v) is 7.99. The number of ether oxygens (including phenoxy) is 2. The molecule has 2 heterocycles. The summed E-state index contributed by atoms with van der Waals surface area (Å²) in [5.74, 6) is 0.619. The molecule has 0 aromatic carbocycles. The van der Waals surface area contributed by atoms with Crippen molar-refractivity contribution in [1.82, 2.24) is 9.80 Å². The van der Waals surface area contributed by atoms with E-state index in [-0.39, 0.29) is 5.71 Å². The van der Waals surface area contributed by atoms with Crippen molar-refractivity contribution in [3.8, 4) is 0 Å². The number of hydrogen-bond donors (Lipinski definition) is 2. The molecule has 1 aliphatic carbocycles. The summed E-state index contributed by atoms with van der Waals surface area (Å²) in [4.78, 5) is 4.63. The summed E-state index contributed by atoms with van der Waals surface area (Å²) in [5.41, 5.74) is 2.32. The van der Waals surface area contributed by atoms with Crippen LogP contribution in [0.5, 0.6) is 0 Å². The van der Waals surface area contributed by atoms with Crippen LogP contribution in [-0.2, 0) is 9.47 Å². The van der Waals surface area contributed by atoms with Gasteiger partial charge >= 0.3 is 0 Å². The molecule has 2 aliphatic heterocycles. The topological polar surface area (TPSA) is 81.4 Å². The van der Waals surface area contributed by atoms with Crippen LogP contribution in [0.2, 0.25) is 0 Å². The highest BCUT2D eigenvalue weighted by molar-refractivity contribution is 6.51. The van der Waals surface area contributed by atoms with E-state index in [0.29, 0.717) is 18.2 Å². The van der Waals surface area contributed by atoms with Crippen molar-refractivity contribution >= 4 is 11.4 Å². The molecule has 0 aromatic heterocycles. The van der Waals surface area contributed by atoms with Gasteiger partial charge in [-0.1, -0.05) is 5.16 Å². The Kier molecular flexibility index (Phi) is 5.09. The van der Waals surface area contributed by atoms with Gasteiger partial charge in [0.25, 0.3) is 0 Å². The van der Waals surface area contributed by atoms with Crippen LogP contribution in [0.3, 0.4) is 0 Å². The maximum Gasteiger partial charge on any atom is 0.130 e. The molecule has 2 N–H and O–H groups in total. The molecule has 2 saturated heterocycles. The molecule has 0 unspecified atom stereocenters. The number of methoxy groups -OCH3 is 1. The average molecular weight is 320 g/mol. The van der Waals surface area contributed by atoms with Gasteiger partial charge in [-0.3, -0.25) is 10.3 Å². The predicted molar refractivity (Wildman–Crippen MR) is 87.3 cm³/mol. The van der Waals surface area contributed by atoms with Crippen LogP contribution in [0.15, 0.2) is 28.6 Å². The molecule has 3 rings (SSSR count). The molecule has 126 valence electrons. The largest absolute Gasteiger partial charge is 0.410 e. The second kappa shape index (κ2) is 7.25. The number of nitrogens with zero attached hydrogens (tertiary/aromatic N) is 3. The van der Waals surface area contributed by atoms with E-state index in [1.807, 2.05) is 6.08 Å². The lowest BCUT2D eigenvalue weighted by atomic mass is 9.93. The van der Waals surface area contributed by atoms with Gasteiger partial charge < -0.3 is 19.6 Å². The first-order chi connectivity index (χ1) is 11.2. The third kappa shape index (κ3) is 3.63. The van der Waals surface area contributed by atoms with E-state index in [2.05, 4.69) is 15.0 Å². The molecule has 23 heavy (non-hydrogen) atoms. The molecule has 0 radical (unpaired) electrons. The molecule has 2 fully saturated rings. The van der Waals surface area contributed by atoms with E-state index in [0.717, 1.165) is 57.2 Å². The number of allylic oxidation sites excluding steroid dienone is 2. The number of morpholine rings is 1. The number of likely N-dealkylation sites (tertiary alicyclic amines) is 1. The Morgan fingerprint density at radius 3 is 2.74 bits per heavy atom. The Morgan fingerprint density at radius 1 is 1.35 bits per heavy atom. The third-order valence-electron chi connectivity index (χ3n) is 4.49. The summed E-state index contributed by atoms with van der Waals surface area (Å²) in [7, 11) is 1.63. The molecule has 0 aromatic rings. The van der Waals surface area contributed by atoms with Crippen LogP contribution >= 0.6 is 0 Å². The van der Waals surface area contributed by atoms with E-state index >= 15 is 0 Å². The lowest BCUT2D eigenvalue weighted by Gasteiger charge is -2.45. The SMILES string of the molecule is COCC1=C/C(=N/O)C(=N)C(N2CC(CN3CCOCC3)C2)=C1. The summed E-state index contributed by atoms with van der Waals surface area (Å²) >= 11 is 0. The lowest BCUT2D eigenvalue weighted by molar-refractivity contribution is 0.0139. The highest BCUT2D eigenvalue weighted by Gasteiger charge is 2.33. The zero-order valence-corrected chi connectivity index (χ0v) is 13.5.